The van der Waals surface area contributed by atoms with Gasteiger partial charge in [0.25, 0.3) is 5.91 Å². The summed E-state index contributed by atoms with van der Waals surface area (Å²) >= 11 is 0. The number of fused-ring (bicyclic) bond motifs is 1. The van der Waals surface area contributed by atoms with Crippen LogP contribution in [-0.2, 0) is 16.0 Å². The first-order chi connectivity index (χ1) is 11.7. The molecule has 5 heteroatoms. The summed E-state index contributed by atoms with van der Waals surface area (Å²) in [6.45, 7) is 0.323. The van der Waals surface area contributed by atoms with Crippen molar-refractivity contribution in [2.75, 3.05) is 18.1 Å². The number of aldehydes is 1. The average Bonchev–Trinajstić information content (AvgIpc) is 2.65. The topological polar surface area (TPSA) is 63.7 Å². The van der Waals surface area contributed by atoms with Crippen LogP contribution in [0, 0.1) is 0 Å². The van der Waals surface area contributed by atoms with Crippen LogP contribution in [0.3, 0.4) is 0 Å². The number of anilines is 1. The quantitative estimate of drug-likeness (QED) is 0.641. The lowest BCUT2D eigenvalue weighted by Crippen LogP contribution is -2.38. The lowest BCUT2D eigenvalue weighted by molar-refractivity contribution is -0.121. The zero-order valence-corrected chi connectivity index (χ0v) is 13.1. The van der Waals surface area contributed by atoms with Crippen molar-refractivity contribution < 1.29 is 19.1 Å². The third-order valence-corrected chi connectivity index (χ3v) is 4.02. The highest BCUT2D eigenvalue weighted by molar-refractivity contribution is 5.98. The molecule has 0 atom stereocenters. The van der Waals surface area contributed by atoms with E-state index in [9.17, 15) is 14.4 Å². The van der Waals surface area contributed by atoms with Gasteiger partial charge in [0.1, 0.15) is 6.29 Å². The molecule has 1 heterocycles. The Hall–Kier alpha value is -2.95. The number of para-hydroxylation sites is 1. The Morgan fingerprint density at radius 1 is 1.08 bits per heavy atom. The van der Waals surface area contributed by atoms with Crippen molar-refractivity contribution in [1.29, 1.82) is 0 Å². The van der Waals surface area contributed by atoms with Gasteiger partial charge >= 0.3 is 5.97 Å². The molecule has 0 spiro atoms. The first-order valence-electron chi connectivity index (χ1n) is 7.79. The number of hydrogen-bond donors (Lipinski definition) is 0. The van der Waals surface area contributed by atoms with Crippen molar-refractivity contribution in [3.63, 3.8) is 0 Å². The van der Waals surface area contributed by atoms with Gasteiger partial charge in [0, 0.05) is 17.8 Å². The smallest absolute Gasteiger partial charge is 0.338 e. The van der Waals surface area contributed by atoms with Crippen LogP contribution in [0.25, 0.3) is 0 Å². The average molecular weight is 323 g/mol. The molecular weight excluding hydrogens is 306 g/mol. The molecule has 1 amide bonds. The minimum absolute atomic E-state index is 0.236. The summed E-state index contributed by atoms with van der Waals surface area (Å²) in [4.78, 5) is 36.7. The molecule has 24 heavy (non-hydrogen) atoms. The van der Waals surface area contributed by atoms with E-state index in [0.29, 0.717) is 24.0 Å². The molecule has 1 aliphatic rings. The summed E-state index contributed by atoms with van der Waals surface area (Å²) in [5.74, 6) is -0.814. The Bertz CT molecular complexity index is 767. The van der Waals surface area contributed by atoms with Gasteiger partial charge in [0.05, 0.1) is 5.56 Å². The maximum atomic E-state index is 12.4. The Kier molecular flexibility index (Phi) is 4.70. The highest BCUT2D eigenvalue weighted by Crippen LogP contribution is 2.26. The van der Waals surface area contributed by atoms with E-state index in [0.717, 1.165) is 24.1 Å². The fraction of sp³-hybridized carbons (Fsp3) is 0.211. The number of ether oxygens (including phenoxy) is 1. The SMILES string of the molecule is O=Cc1ccc(C(=O)OCC(=O)N2CCCc3ccccc32)cc1. The van der Waals surface area contributed by atoms with Crippen molar-refractivity contribution in [3.8, 4) is 0 Å². The zero-order valence-electron chi connectivity index (χ0n) is 13.1. The number of rotatable bonds is 4. The van der Waals surface area contributed by atoms with E-state index < -0.39 is 5.97 Å². The van der Waals surface area contributed by atoms with E-state index >= 15 is 0 Å². The molecule has 0 fully saturated rings. The molecule has 0 N–H and O–H groups in total. The summed E-state index contributed by atoms with van der Waals surface area (Å²) in [5.41, 5.74) is 2.81. The lowest BCUT2D eigenvalue weighted by Gasteiger charge is -2.29. The molecule has 0 unspecified atom stereocenters. The number of benzene rings is 2. The third-order valence-electron chi connectivity index (χ3n) is 4.02. The maximum Gasteiger partial charge on any atom is 0.338 e. The monoisotopic (exact) mass is 323 g/mol. The summed E-state index contributed by atoms with van der Waals surface area (Å²) in [7, 11) is 0. The second-order valence-electron chi connectivity index (χ2n) is 5.59. The molecule has 122 valence electrons. The second-order valence-corrected chi connectivity index (χ2v) is 5.59. The van der Waals surface area contributed by atoms with Gasteiger partial charge in [-0.25, -0.2) is 4.79 Å². The van der Waals surface area contributed by atoms with E-state index in [1.54, 1.807) is 4.90 Å². The van der Waals surface area contributed by atoms with Crippen LogP contribution in [0.4, 0.5) is 5.69 Å². The molecule has 1 aliphatic heterocycles. The lowest BCUT2D eigenvalue weighted by atomic mass is 10.0. The van der Waals surface area contributed by atoms with Crippen molar-refractivity contribution in [2.45, 2.75) is 12.8 Å². The molecule has 2 aromatic rings. The van der Waals surface area contributed by atoms with Crippen molar-refractivity contribution in [2.24, 2.45) is 0 Å². The van der Waals surface area contributed by atoms with Crippen molar-refractivity contribution >= 4 is 23.9 Å². The molecule has 2 aromatic carbocycles. The Morgan fingerprint density at radius 2 is 1.83 bits per heavy atom. The van der Waals surface area contributed by atoms with Gasteiger partial charge in [0.15, 0.2) is 6.61 Å². The van der Waals surface area contributed by atoms with E-state index in [2.05, 4.69) is 0 Å². The third kappa shape index (κ3) is 3.35. The molecule has 3 rings (SSSR count). The van der Waals surface area contributed by atoms with Crippen LogP contribution in [0.15, 0.2) is 48.5 Å². The van der Waals surface area contributed by atoms with Gasteiger partial charge in [-0.15, -0.1) is 0 Å². The normalized spacial score (nSPS) is 13.1. The number of nitrogens with zero attached hydrogens (tertiary/aromatic N) is 1. The molecule has 0 radical (unpaired) electrons. The number of esters is 1. The molecular formula is C19H17NO4. The molecule has 0 aromatic heterocycles. The second kappa shape index (κ2) is 7.08. The van der Waals surface area contributed by atoms with Gasteiger partial charge in [-0.05, 0) is 36.6 Å². The van der Waals surface area contributed by atoms with Gasteiger partial charge in [0.2, 0.25) is 0 Å². The van der Waals surface area contributed by atoms with E-state index in [1.165, 1.54) is 24.3 Å². The first-order valence-corrected chi connectivity index (χ1v) is 7.79. The summed E-state index contributed by atoms with van der Waals surface area (Å²) in [5, 5.41) is 0. The summed E-state index contributed by atoms with van der Waals surface area (Å²) in [6.07, 6.45) is 2.54. The van der Waals surface area contributed by atoms with Crippen LogP contribution in [0.2, 0.25) is 0 Å². The minimum Gasteiger partial charge on any atom is -0.452 e. The molecule has 0 aliphatic carbocycles. The van der Waals surface area contributed by atoms with Gasteiger partial charge in [-0.2, -0.15) is 0 Å². The minimum atomic E-state index is -0.578. The molecule has 5 nitrogen and oxygen atoms in total. The predicted molar refractivity (Wildman–Crippen MR) is 89.2 cm³/mol. The number of carbonyl (C=O) groups is 3. The van der Waals surface area contributed by atoms with Crippen LogP contribution < -0.4 is 4.90 Å². The highest BCUT2D eigenvalue weighted by Gasteiger charge is 2.23. The Balaban J connectivity index is 1.63. The molecule has 0 saturated heterocycles. The standard InChI is InChI=1S/C19H17NO4/c21-12-14-7-9-16(10-8-14)19(23)24-13-18(22)20-11-3-5-15-4-1-2-6-17(15)20/h1-2,4,6-10,12H,3,5,11,13H2. The number of hydrogen-bond acceptors (Lipinski definition) is 4. The van der Waals surface area contributed by atoms with Gasteiger partial charge in [-0.1, -0.05) is 30.3 Å². The predicted octanol–water partition coefficient (Wildman–Crippen LogP) is 2.64. The van der Waals surface area contributed by atoms with Crippen LogP contribution in [0.5, 0.6) is 0 Å². The Morgan fingerprint density at radius 3 is 2.58 bits per heavy atom. The van der Waals surface area contributed by atoms with Gasteiger partial charge in [-0.3, -0.25) is 9.59 Å². The van der Waals surface area contributed by atoms with E-state index in [1.807, 2.05) is 24.3 Å². The first kappa shape index (κ1) is 15.9. The fourth-order valence-corrected chi connectivity index (χ4v) is 2.78. The van der Waals surface area contributed by atoms with Crippen molar-refractivity contribution in [1.82, 2.24) is 0 Å². The summed E-state index contributed by atoms with van der Waals surface area (Å²) < 4.78 is 5.11. The van der Waals surface area contributed by atoms with E-state index in [-0.39, 0.29) is 12.5 Å². The van der Waals surface area contributed by atoms with Crippen LogP contribution >= 0.6 is 0 Å². The summed E-state index contributed by atoms with van der Waals surface area (Å²) in [6, 6.07) is 13.8. The highest BCUT2D eigenvalue weighted by atomic mass is 16.5. The largest absolute Gasteiger partial charge is 0.452 e. The number of amides is 1. The Labute approximate surface area is 139 Å². The number of aryl methyl sites for hydroxylation is 1. The van der Waals surface area contributed by atoms with Crippen molar-refractivity contribution in [3.05, 3.63) is 65.2 Å². The van der Waals surface area contributed by atoms with E-state index in [4.69, 9.17) is 4.74 Å². The molecule has 0 saturated carbocycles. The van der Waals surface area contributed by atoms with Crippen LogP contribution in [-0.4, -0.2) is 31.3 Å². The van der Waals surface area contributed by atoms with Crippen LogP contribution in [0.1, 0.15) is 32.7 Å². The zero-order chi connectivity index (χ0) is 16.9. The fourth-order valence-electron chi connectivity index (χ4n) is 2.78. The maximum absolute atomic E-state index is 12.4. The molecule has 0 bridgehead atoms. The number of carbonyl (C=O) groups excluding carboxylic acids is 3. The van der Waals surface area contributed by atoms with Gasteiger partial charge < -0.3 is 9.64 Å².